The number of hydrogen-bond donors (Lipinski definition) is 0. The van der Waals surface area contributed by atoms with Crippen molar-refractivity contribution in [3.8, 4) is 10.9 Å². The van der Waals surface area contributed by atoms with Gasteiger partial charge in [0.25, 0.3) is 5.19 Å². The predicted molar refractivity (Wildman–Crippen MR) is 95.5 cm³/mol. The van der Waals surface area contributed by atoms with E-state index >= 15 is 0 Å². The van der Waals surface area contributed by atoms with Gasteiger partial charge in [0.2, 0.25) is 10.0 Å². The molecule has 132 valence electrons. The third-order valence-corrected chi connectivity index (χ3v) is 7.09. The third kappa shape index (κ3) is 3.81. The first-order valence-corrected chi connectivity index (χ1v) is 10.5. The molecule has 1 aromatic carbocycles. The number of sulfonamides is 1. The van der Waals surface area contributed by atoms with Crippen LogP contribution in [-0.2, 0) is 10.0 Å². The smallest absolute Gasteiger partial charge is 0.274 e. The lowest BCUT2D eigenvalue weighted by Crippen LogP contribution is -2.42. The quantitative estimate of drug-likeness (QED) is 0.782. The van der Waals surface area contributed by atoms with E-state index in [1.165, 1.54) is 11.3 Å². The van der Waals surface area contributed by atoms with E-state index < -0.39 is 10.0 Å². The van der Waals surface area contributed by atoms with E-state index in [1.54, 1.807) is 11.4 Å². The highest BCUT2D eigenvalue weighted by molar-refractivity contribution is 7.89. The van der Waals surface area contributed by atoms with Gasteiger partial charge < -0.3 is 9.47 Å². The summed E-state index contributed by atoms with van der Waals surface area (Å²) in [6.07, 6.45) is 2.05. The van der Waals surface area contributed by atoms with Gasteiger partial charge in [-0.05, 0) is 37.5 Å². The Hall–Kier alpha value is -1.38. The fourth-order valence-corrected chi connectivity index (χ4v) is 5.27. The average Bonchev–Trinajstić information content (AvgIpc) is 2.96. The molecule has 0 amide bonds. The van der Waals surface area contributed by atoms with Crippen LogP contribution in [0.3, 0.4) is 0 Å². The van der Waals surface area contributed by atoms with Gasteiger partial charge in [-0.25, -0.2) is 17.7 Å². The molecule has 1 aliphatic heterocycles. The van der Waals surface area contributed by atoms with Gasteiger partial charge in [0, 0.05) is 13.1 Å². The maximum absolute atomic E-state index is 12.1. The van der Waals surface area contributed by atoms with Crippen LogP contribution in [0.5, 0.6) is 10.9 Å². The molecular weight excluding hydrogens is 348 g/mol. The van der Waals surface area contributed by atoms with Gasteiger partial charge in [0.15, 0.2) is 0 Å². The Morgan fingerprint density at radius 3 is 2.75 bits per heavy atom. The number of piperidine rings is 1. The summed E-state index contributed by atoms with van der Waals surface area (Å²) < 4.78 is 38.0. The van der Waals surface area contributed by atoms with Crippen LogP contribution in [0.4, 0.5) is 0 Å². The second kappa shape index (κ2) is 7.25. The lowest BCUT2D eigenvalue weighted by Gasteiger charge is -2.30. The van der Waals surface area contributed by atoms with Crippen molar-refractivity contribution in [2.45, 2.75) is 32.3 Å². The fraction of sp³-hybridized carbons (Fsp3) is 0.562. The summed E-state index contributed by atoms with van der Waals surface area (Å²) in [4.78, 5) is 4.49. The van der Waals surface area contributed by atoms with Crippen molar-refractivity contribution in [3.05, 3.63) is 18.2 Å². The van der Waals surface area contributed by atoms with Gasteiger partial charge in [-0.2, -0.15) is 0 Å². The number of methoxy groups -OCH3 is 1. The first kappa shape index (κ1) is 17.4. The summed E-state index contributed by atoms with van der Waals surface area (Å²) in [5.41, 5.74) is 0.888. The Balaban J connectivity index is 1.62. The molecule has 0 aliphatic carbocycles. The molecule has 24 heavy (non-hydrogen) atoms. The molecule has 1 aliphatic rings. The van der Waals surface area contributed by atoms with Crippen LogP contribution in [0, 0.1) is 0 Å². The minimum atomic E-state index is -3.11. The molecule has 0 spiro atoms. The number of nitrogens with zero attached hydrogens (tertiary/aromatic N) is 2. The molecule has 2 aromatic rings. The van der Waals surface area contributed by atoms with Gasteiger partial charge in [-0.15, -0.1) is 0 Å². The molecule has 8 heteroatoms. The number of aromatic nitrogens is 1. The second-order valence-electron chi connectivity index (χ2n) is 5.85. The molecule has 2 heterocycles. The van der Waals surface area contributed by atoms with Crippen LogP contribution in [0.1, 0.15) is 26.2 Å². The zero-order valence-electron chi connectivity index (χ0n) is 13.9. The highest BCUT2D eigenvalue weighted by atomic mass is 32.2. The first-order valence-electron chi connectivity index (χ1n) is 8.11. The number of thiazole rings is 1. The molecule has 1 fully saturated rings. The highest BCUT2D eigenvalue weighted by Gasteiger charge is 2.28. The number of fused-ring (bicyclic) bond motifs is 1. The summed E-state index contributed by atoms with van der Waals surface area (Å²) in [5, 5.41) is 0.633. The number of benzene rings is 1. The van der Waals surface area contributed by atoms with Gasteiger partial charge in [0.1, 0.15) is 11.9 Å². The van der Waals surface area contributed by atoms with E-state index in [-0.39, 0.29) is 11.9 Å². The normalized spacial score (nSPS) is 17.2. The van der Waals surface area contributed by atoms with Crippen molar-refractivity contribution >= 4 is 31.6 Å². The Kier molecular flexibility index (Phi) is 5.27. The molecule has 3 rings (SSSR count). The summed E-state index contributed by atoms with van der Waals surface area (Å²) in [6.45, 7) is 2.92. The molecule has 6 nitrogen and oxygen atoms in total. The third-order valence-electron chi connectivity index (χ3n) is 4.10. The molecule has 0 radical (unpaired) electrons. The lowest BCUT2D eigenvalue weighted by atomic mass is 10.1. The lowest BCUT2D eigenvalue weighted by molar-refractivity contribution is 0.135. The van der Waals surface area contributed by atoms with Crippen molar-refractivity contribution < 1.29 is 17.9 Å². The van der Waals surface area contributed by atoms with Gasteiger partial charge >= 0.3 is 0 Å². The zero-order chi connectivity index (χ0) is 17.2. The van der Waals surface area contributed by atoms with Crippen LogP contribution in [0.15, 0.2) is 18.2 Å². The van der Waals surface area contributed by atoms with Crippen LogP contribution >= 0.6 is 11.3 Å². The standard InChI is InChI=1S/C16H22N2O4S2/c1-3-10-24(19,20)18-8-6-12(7-9-18)22-16-17-14-5-4-13(21-2)11-15(14)23-16/h4-5,11-12H,3,6-10H2,1-2H3. The molecule has 1 aromatic heterocycles. The Labute approximate surface area is 146 Å². The summed E-state index contributed by atoms with van der Waals surface area (Å²) in [5.74, 6) is 1.02. The SMILES string of the molecule is CCCS(=O)(=O)N1CCC(Oc2nc3ccc(OC)cc3s2)CC1. The van der Waals surface area contributed by atoms with E-state index in [4.69, 9.17) is 9.47 Å². The summed E-state index contributed by atoms with van der Waals surface area (Å²) >= 11 is 1.49. The second-order valence-corrected chi connectivity index (χ2v) is 8.93. The summed E-state index contributed by atoms with van der Waals surface area (Å²) in [6, 6.07) is 5.74. The van der Waals surface area contributed by atoms with Crippen molar-refractivity contribution in [3.63, 3.8) is 0 Å². The van der Waals surface area contributed by atoms with Crippen LogP contribution in [0.25, 0.3) is 10.2 Å². The van der Waals surface area contributed by atoms with Gasteiger partial charge in [-0.3, -0.25) is 0 Å². The van der Waals surface area contributed by atoms with Crippen LogP contribution < -0.4 is 9.47 Å². The van der Waals surface area contributed by atoms with Crippen molar-refractivity contribution in [2.24, 2.45) is 0 Å². The van der Waals surface area contributed by atoms with Crippen molar-refractivity contribution in [1.82, 2.24) is 9.29 Å². The Bertz CT molecular complexity index is 796. The number of hydrogen-bond acceptors (Lipinski definition) is 6. The predicted octanol–water partition coefficient (Wildman–Crippen LogP) is 2.89. The van der Waals surface area contributed by atoms with Crippen LogP contribution in [-0.4, -0.2) is 49.8 Å². The number of ether oxygens (including phenoxy) is 2. The van der Waals surface area contributed by atoms with E-state index in [0.29, 0.717) is 37.5 Å². The maximum Gasteiger partial charge on any atom is 0.274 e. The van der Waals surface area contributed by atoms with Crippen LogP contribution in [0.2, 0.25) is 0 Å². The fourth-order valence-electron chi connectivity index (χ4n) is 2.82. The molecule has 0 N–H and O–H groups in total. The Morgan fingerprint density at radius 2 is 2.08 bits per heavy atom. The maximum atomic E-state index is 12.1. The largest absolute Gasteiger partial charge is 0.497 e. The molecule has 0 unspecified atom stereocenters. The van der Waals surface area contributed by atoms with E-state index in [1.807, 2.05) is 25.1 Å². The van der Waals surface area contributed by atoms with Crippen molar-refractivity contribution in [1.29, 1.82) is 0 Å². The first-order chi connectivity index (χ1) is 11.5. The molecule has 0 bridgehead atoms. The number of rotatable bonds is 6. The van der Waals surface area contributed by atoms with E-state index in [0.717, 1.165) is 16.0 Å². The van der Waals surface area contributed by atoms with E-state index in [2.05, 4.69) is 4.98 Å². The monoisotopic (exact) mass is 370 g/mol. The van der Waals surface area contributed by atoms with Gasteiger partial charge in [-0.1, -0.05) is 18.3 Å². The topological polar surface area (TPSA) is 68.7 Å². The molecule has 0 atom stereocenters. The summed E-state index contributed by atoms with van der Waals surface area (Å²) in [7, 11) is -1.47. The Morgan fingerprint density at radius 1 is 1.33 bits per heavy atom. The molecule has 1 saturated heterocycles. The molecular formula is C16H22N2O4S2. The highest BCUT2D eigenvalue weighted by Crippen LogP contribution is 2.32. The minimum absolute atomic E-state index is 0.0144. The average molecular weight is 370 g/mol. The molecule has 0 saturated carbocycles. The minimum Gasteiger partial charge on any atom is -0.497 e. The zero-order valence-corrected chi connectivity index (χ0v) is 15.5. The van der Waals surface area contributed by atoms with E-state index in [9.17, 15) is 8.42 Å². The van der Waals surface area contributed by atoms with Crippen molar-refractivity contribution in [2.75, 3.05) is 26.0 Å². The van der Waals surface area contributed by atoms with Gasteiger partial charge in [0.05, 0.1) is 23.1 Å².